The molecule has 0 aromatic carbocycles. The molecule has 0 unspecified atom stereocenters. The molecule has 2 amide bonds. The van der Waals surface area contributed by atoms with E-state index in [0.29, 0.717) is 53.9 Å². The summed E-state index contributed by atoms with van der Waals surface area (Å²) in [5.41, 5.74) is 2.93. The van der Waals surface area contributed by atoms with Gasteiger partial charge in [-0.1, -0.05) is 6.07 Å². The molecule has 2 aliphatic rings. The Morgan fingerprint density at radius 2 is 2.05 bits per heavy atom. The maximum absolute atomic E-state index is 13.3. The van der Waals surface area contributed by atoms with Gasteiger partial charge in [0.25, 0.3) is 0 Å². The first-order valence-electron chi connectivity index (χ1n) is 13.4. The van der Waals surface area contributed by atoms with E-state index in [1.54, 1.807) is 12.3 Å². The van der Waals surface area contributed by atoms with E-state index < -0.39 is 5.82 Å². The first kappa shape index (κ1) is 26.5. The Morgan fingerprint density at radius 3 is 2.71 bits per heavy atom. The number of amides is 2. The Labute approximate surface area is 234 Å². The molecule has 41 heavy (non-hydrogen) atoms. The highest BCUT2D eigenvalue weighted by Gasteiger charge is 2.31. The Balaban J connectivity index is 1.10. The predicted octanol–water partition coefficient (Wildman–Crippen LogP) is 3.64. The fraction of sp³-hybridized carbons (Fsp3) is 0.370. The summed E-state index contributed by atoms with van der Waals surface area (Å²) in [6, 6.07) is 5.00. The third-order valence-corrected chi connectivity index (χ3v) is 7.38. The molecule has 0 radical (unpaired) electrons. The van der Waals surface area contributed by atoms with E-state index in [9.17, 15) is 14.0 Å². The van der Waals surface area contributed by atoms with Crippen LogP contribution in [0.5, 0.6) is 0 Å². The van der Waals surface area contributed by atoms with Gasteiger partial charge in [-0.2, -0.15) is 10.2 Å². The highest BCUT2D eigenvalue weighted by atomic mass is 19.1. The van der Waals surface area contributed by atoms with Gasteiger partial charge in [0.2, 0.25) is 12.3 Å². The Morgan fingerprint density at radius 1 is 1.22 bits per heavy atom. The van der Waals surface area contributed by atoms with Crippen molar-refractivity contribution in [1.82, 2.24) is 40.0 Å². The summed E-state index contributed by atoms with van der Waals surface area (Å²) in [5.74, 6) is 1.80. The zero-order chi connectivity index (χ0) is 28.5. The smallest absolute Gasteiger partial charge is 0.233 e. The van der Waals surface area contributed by atoms with E-state index in [-0.39, 0.29) is 30.4 Å². The number of anilines is 3. The highest BCUT2D eigenvalue weighted by molar-refractivity contribution is 6.01. The normalized spacial score (nSPS) is 19.0. The van der Waals surface area contributed by atoms with E-state index in [0.717, 1.165) is 30.3 Å². The van der Waals surface area contributed by atoms with Gasteiger partial charge in [0.15, 0.2) is 23.3 Å². The van der Waals surface area contributed by atoms with Crippen LogP contribution in [0.25, 0.3) is 5.82 Å². The predicted molar refractivity (Wildman–Crippen MR) is 145 cm³/mol. The Kier molecular flexibility index (Phi) is 7.14. The van der Waals surface area contributed by atoms with E-state index >= 15 is 0 Å². The van der Waals surface area contributed by atoms with Crippen molar-refractivity contribution in [2.24, 2.45) is 0 Å². The molecule has 0 spiro atoms. The van der Waals surface area contributed by atoms with Crippen molar-refractivity contribution in [3.63, 3.8) is 0 Å². The average Bonchev–Trinajstić information content (AvgIpc) is 3.71. The number of rotatable bonds is 9. The average molecular weight is 561 g/mol. The quantitative estimate of drug-likeness (QED) is 0.205. The number of carbonyl (C=O) groups excluding carboxylic acids is 2. The van der Waals surface area contributed by atoms with E-state index in [2.05, 4.69) is 30.9 Å². The summed E-state index contributed by atoms with van der Waals surface area (Å²) in [6.45, 7) is 3.76. The van der Waals surface area contributed by atoms with Crippen LogP contribution in [0.3, 0.4) is 0 Å². The number of aromatic amines is 1. The number of fused-ring (bicyclic) bond motifs is 1. The second-order valence-electron chi connectivity index (χ2n) is 10.3. The van der Waals surface area contributed by atoms with Gasteiger partial charge >= 0.3 is 0 Å². The van der Waals surface area contributed by atoms with Gasteiger partial charge in [-0.3, -0.25) is 19.5 Å². The summed E-state index contributed by atoms with van der Waals surface area (Å²) in [7, 11) is 0. The minimum absolute atomic E-state index is 0.0864. The largest absolute Gasteiger partial charge is 0.322 e. The van der Waals surface area contributed by atoms with Crippen molar-refractivity contribution in [3.8, 4) is 5.82 Å². The van der Waals surface area contributed by atoms with E-state index in [1.807, 2.05) is 26.0 Å². The molecular weight excluding hydrogens is 531 g/mol. The third kappa shape index (κ3) is 5.63. The molecule has 1 aliphatic heterocycles. The molecule has 0 bridgehead atoms. The molecule has 1 atom stereocenters. The third-order valence-electron chi connectivity index (χ3n) is 7.38. The molecular formula is C27H29FN10O3. The number of aromatic nitrogens is 7. The molecule has 0 saturated heterocycles. The monoisotopic (exact) mass is 560 g/mol. The number of nitrogens with one attached hydrogen (secondary N) is 3. The Bertz CT molecular complexity index is 1560. The number of carbonyl (C=O) groups is 2. The van der Waals surface area contributed by atoms with Crippen molar-refractivity contribution in [3.05, 3.63) is 65.4 Å². The minimum atomic E-state index is -0.449. The van der Waals surface area contributed by atoms with Gasteiger partial charge < -0.3 is 10.6 Å². The van der Waals surface area contributed by atoms with Gasteiger partial charge in [0.1, 0.15) is 11.5 Å². The van der Waals surface area contributed by atoms with Crippen LogP contribution in [0.1, 0.15) is 67.3 Å². The van der Waals surface area contributed by atoms with Gasteiger partial charge in [-0.25, -0.2) is 29.1 Å². The molecule has 1 saturated carbocycles. The van der Waals surface area contributed by atoms with Crippen LogP contribution in [0.15, 0.2) is 36.8 Å². The zero-order valence-corrected chi connectivity index (χ0v) is 22.5. The highest BCUT2D eigenvalue weighted by Crippen LogP contribution is 2.37. The number of halogens is 1. The molecule has 6 rings (SSSR count). The van der Waals surface area contributed by atoms with Crippen LogP contribution in [0.4, 0.5) is 21.7 Å². The lowest BCUT2D eigenvalue weighted by molar-refractivity contribution is -0.214. The Hall–Kier alpha value is -4.72. The summed E-state index contributed by atoms with van der Waals surface area (Å²) in [6.07, 6.45) is 7.66. The van der Waals surface area contributed by atoms with Crippen molar-refractivity contribution < 1.29 is 18.8 Å². The number of aryl methyl sites for hydroxylation is 1. The van der Waals surface area contributed by atoms with Gasteiger partial charge in [0.05, 0.1) is 36.7 Å². The lowest BCUT2D eigenvalue weighted by Crippen LogP contribution is -2.33. The number of hydrogen-bond donors (Lipinski definition) is 3. The number of pyridine rings is 1. The molecule has 1 aliphatic carbocycles. The van der Waals surface area contributed by atoms with Crippen molar-refractivity contribution >= 4 is 29.6 Å². The van der Waals surface area contributed by atoms with Crippen molar-refractivity contribution in [1.29, 1.82) is 0 Å². The molecule has 3 N–H and O–H groups in total. The molecule has 4 aromatic rings. The number of nitrogens with zero attached hydrogens (tertiary/aromatic N) is 7. The second kappa shape index (κ2) is 11.0. The first-order valence-corrected chi connectivity index (χ1v) is 13.4. The summed E-state index contributed by atoms with van der Waals surface area (Å²) < 4.78 is 14.6. The minimum Gasteiger partial charge on any atom is -0.322 e. The van der Waals surface area contributed by atoms with Gasteiger partial charge in [-0.05, 0) is 51.2 Å². The SMILES string of the molecule is Cc1cc(Nc2nc([C@H]3CC[C@@H](ON(C=O)[C@@H](C)c4ccc(-n5cc(F)cn5)nc4)CC3)nc3c2NC(=O)C3)n[nH]1. The van der Waals surface area contributed by atoms with Crippen molar-refractivity contribution in [2.75, 3.05) is 10.6 Å². The maximum Gasteiger partial charge on any atom is 0.233 e. The topological polar surface area (TPSA) is 156 Å². The molecule has 13 nitrogen and oxygen atoms in total. The molecule has 212 valence electrons. The molecule has 1 fully saturated rings. The van der Waals surface area contributed by atoms with Gasteiger partial charge in [0, 0.05) is 23.9 Å². The number of H-pyrrole nitrogens is 1. The van der Waals surface area contributed by atoms with Crippen LogP contribution in [-0.2, 0) is 20.8 Å². The van der Waals surface area contributed by atoms with E-state index in [4.69, 9.17) is 14.8 Å². The lowest BCUT2D eigenvalue weighted by atomic mass is 9.87. The standard InChI is InChI=1S/C27H29FN10O3/c1-15-9-22(36-35-15)32-27-25-21(10-24(40)33-25)31-26(34-27)17-3-6-20(7-4-17)41-38(14-39)16(2)18-5-8-23(29-11-18)37-13-19(28)12-30-37/h5,8-9,11-14,16-17,20H,3-4,6-7,10H2,1-2H3,(H,33,40)(H2,31,32,34,35,36)/t16-,17-,20+/m0/s1. The fourth-order valence-electron chi connectivity index (χ4n) is 5.16. The molecule has 4 aromatic heterocycles. The maximum atomic E-state index is 13.3. The van der Waals surface area contributed by atoms with Crippen LogP contribution >= 0.6 is 0 Å². The fourth-order valence-corrected chi connectivity index (χ4v) is 5.16. The van der Waals surface area contributed by atoms with E-state index in [1.165, 1.54) is 15.9 Å². The summed E-state index contributed by atoms with van der Waals surface area (Å²) in [4.78, 5) is 44.0. The molecule has 14 heteroatoms. The zero-order valence-electron chi connectivity index (χ0n) is 22.5. The first-order chi connectivity index (χ1) is 19.9. The second-order valence-corrected chi connectivity index (χ2v) is 10.3. The summed E-state index contributed by atoms with van der Waals surface area (Å²) in [5, 5.41) is 18.4. The summed E-state index contributed by atoms with van der Waals surface area (Å²) >= 11 is 0. The van der Waals surface area contributed by atoms with Crippen LogP contribution in [0, 0.1) is 12.7 Å². The van der Waals surface area contributed by atoms with Crippen LogP contribution < -0.4 is 10.6 Å². The van der Waals surface area contributed by atoms with Crippen LogP contribution in [-0.4, -0.2) is 58.4 Å². The molecule has 5 heterocycles. The number of hydrogen-bond acceptors (Lipinski definition) is 9. The number of hydroxylamine groups is 2. The van der Waals surface area contributed by atoms with Gasteiger partial charge in [-0.15, -0.1) is 0 Å². The van der Waals surface area contributed by atoms with Crippen LogP contribution in [0.2, 0.25) is 0 Å². The van der Waals surface area contributed by atoms with Crippen molar-refractivity contribution in [2.45, 2.75) is 64.0 Å². The lowest BCUT2D eigenvalue weighted by Gasteiger charge is -2.33.